The number of carbonyl (C=O) groups is 1. The fraction of sp³-hybridized carbons (Fsp3) is 0.217. The van der Waals surface area contributed by atoms with Crippen LogP contribution in [0.15, 0.2) is 72.9 Å². The van der Waals surface area contributed by atoms with Gasteiger partial charge in [0, 0.05) is 43.8 Å². The lowest BCUT2D eigenvalue weighted by Crippen LogP contribution is -2.46. The van der Waals surface area contributed by atoms with Crippen LogP contribution in [0.3, 0.4) is 0 Å². The minimum Gasteiger partial charge on any atom is -0.368 e. The molecule has 1 saturated heterocycles. The summed E-state index contributed by atoms with van der Waals surface area (Å²) in [6.45, 7) is 5.75. The molecule has 1 N–H and O–H groups in total. The van der Waals surface area contributed by atoms with Crippen LogP contribution in [-0.4, -0.2) is 37.1 Å². The quantitative estimate of drug-likeness (QED) is 0.753. The van der Waals surface area contributed by atoms with E-state index in [0.717, 1.165) is 43.2 Å². The summed E-state index contributed by atoms with van der Waals surface area (Å²) >= 11 is 0. The number of piperazine rings is 1. The maximum atomic E-state index is 12.4. The summed E-state index contributed by atoms with van der Waals surface area (Å²) in [5, 5.41) is 2.92. The van der Waals surface area contributed by atoms with Crippen molar-refractivity contribution in [3.8, 4) is 0 Å². The van der Waals surface area contributed by atoms with Gasteiger partial charge in [-0.3, -0.25) is 4.79 Å². The van der Waals surface area contributed by atoms with E-state index in [9.17, 15) is 4.79 Å². The summed E-state index contributed by atoms with van der Waals surface area (Å²) in [5.41, 5.74) is 3.73. The van der Waals surface area contributed by atoms with E-state index in [4.69, 9.17) is 0 Å². The zero-order valence-electron chi connectivity index (χ0n) is 16.0. The van der Waals surface area contributed by atoms with Crippen molar-refractivity contribution < 1.29 is 4.79 Å². The molecule has 2 aromatic carbocycles. The van der Waals surface area contributed by atoms with Crippen molar-refractivity contribution in [2.45, 2.75) is 6.92 Å². The highest BCUT2D eigenvalue weighted by molar-refractivity contribution is 6.04. The van der Waals surface area contributed by atoms with Crippen LogP contribution in [0, 0.1) is 6.92 Å². The lowest BCUT2D eigenvalue weighted by Gasteiger charge is -2.36. The summed E-state index contributed by atoms with van der Waals surface area (Å²) in [5.74, 6) is 0.776. The average molecular weight is 372 g/mol. The third-order valence-electron chi connectivity index (χ3n) is 5.01. The number of aromatic nitrogens is 1. The second-order valence-electron chi connectivity index (χ2n) is 7.04. The van der Waals surface area contributed by atoms with Crippen LogP contribution in [0.4, 0.5) is 17.2 Å². The molecule has 0 spiro atoms. The average Bonchev–Trinajstić information content (AvgIpc) is 2.75. The molecule has 0 aliphatic carbocycles. The highest BCUT2D eigenvalue weighted by Gasteiger charge is 2.18. The van der Waals surface area contributed by atoms with Crippen LogP contribution in [0.2, 0.25) is 0 Å². The van der Waals surface area contributed by atoms with Crippen molar-refractivity contribution >= 4 is 23.1 Å². The van der Waals surface area contributed by atoms with Crippen molar-refractivity contribution in [2.24, 2.45) is 0 Å². The molecule has 1 aromatic heterocycles. The van der Waals surface area contributed by atoms with Crippen molar-refractivity contribution in [3.63, 3.8) is 0 Å². The minimum atomic E-state index is -0.140. The Morgan fingerprint density at radius 3 is 2.32 bits per heavy atom. The molecule has 0 atom stereocenters. The number of aryl methyl sites for hydroxylation is 1. The Bertz CT molecular complexity index is 932. The number of benzene rings is 2. The molecule has 3 aromatic rings. The summed E-state index contributed by atoms with van der Waals surface area (Å²) in [4.78, 5) is 21.6. The van der Waals surface area contributed by atoms with Gasteiger partial charge in [-0.25, -0.2) is 4.98 Å². The number of hydrogen-bond acceptors (Lipinski definition) is 4. The van der Waals surface area contributed by atoms with Gasteiger partial charge in [0.1, 0.15) is 5.82 Å². The van der Waals surface area contributed by atoms with E-state index in [1.165, 1.54) is 5.69 Å². The lowest BCUT2D eigenvalue weighted by molar-refractivity contribution is 0.102. The molecule has 1 fully saturated rings. The number of nitrogens with one attached hydrogen (secondary N) is 1. The Hall–Kier alpha value is -3.34. The van der Waals surface area contributed by atoms with Gasteiger partial charge in [-0.15, -0.1) is 0 Å². The number of para-hydroxylation sites is 1. The molecule has 0 bridgehead atoms. The predicted molar refractivity (Wildman–Crippen MR) is 114 cm³/mol. The summed E-state index contributed by atoms with van der Waals surface area (Å²) in [6.07, 6.45) is 1.66. The van der Waals surface area contributed by atoms with Crippen molar-refractivity contribution in [1.29, 1.82) is 0 Å². The molecule has 0 radical (unpaired) electrons. The summed E-state index contributed by atoms with van der Waals surface area (Å²) in [7, 11) is 0. The van der Waals surface area contributed by atoms with E-state index in [1.807, 2.05) is 49.4 Å². The van der Waals surface area contributed by atoms with Crippen LogP contribution in [0.1, 0.15) is 15.9 Å². The van der Waals surface area contributed by atoms with Gasteiger partial charge >= 0.3 is 0 Å². The van der Waals surface area contributed by atoms with E-state index >= 15 is 0 Å². The predicted octanol–water partition coefficient (Wildman–Crippen LogP) is 3.97. The topological polar surface area (TPSA) is 48.5 Å². The fourth-order valence-corrected chi connectivity index (χ4v) is 3.47. The van der Waals surface area contributed by atoms with Gasteiger partial charge < -0.3 is 15.1 Å². The normalized spacial score (nSPS) is 14.0. The van der Waals surface area contributed by atoms with Crippen molar-refractivity contribution in [1.82, 2.24) is 4.98 Å². The molecule has 1 amide bonds. The number of carbonyl (C=O) groups excluding carboxylic acids is 1. The largest absolute Gasteiger partial charge is 0.368 e. The van der Waals surface area contributed by atoms with E-state index < -0.39 is 0 Å². The highest BCUT2D eigenvalue weighted by Crippen LogP contribution is 2.19. The van der Waals surface area contributed by atoms with Gasteiger partial charge in [-0.05, 0) is 48.9 Å². The number of pyridine rings is 1. The molecule has 0 unspecified atom stereocenters. The van der Waals surface area contributed by atoms with Crippen LogP contribution >= 0.6 is 0 Å². The second-order valence-corrected chi connectivity index (χ2v) is 7.04. The van der Waals surface area contributed by atoms with Gasteiger partial charge in [0.05, 0.1) is 5.56 Å². The van der Waals surface area contributed by atoms with Gasteiger partial charge in [-0.2, -0.15) is 0 Å². The first-order valence-corrected chi connectivity index (χ1v) is 9.58. The zero-order chi connectivity index (χ0) is 19.3. The molecule has 5 nitrogen and oxygen atoms in total. The van der Waals surface area contributed by atoms with Crippen LogP contribution in [0.5, 0.6) is 0 Å². The van der Waals surface area contributed by atoms with Crippen LogP contribution in [0.25, 0.3) is 0 Å². The number of anilines is 3. The third-order valence-corrected chi connectivity index (χ3v) is 5.01. The van der Waals surface area contributed by atoms with Crippen LogP contribution < -0.4 is 15.1 Å². The molecule has 28 heavy (non-hydrogen) atoms. The van der Waals surface area contributed by atoms with Gasteiger partial charge in [0.2, 0.25) is 0 Å². The monoisotopic (exact) mass is 372 g/mol. The summed E-state index contributed by atoms with van der Waals surface area (Å²) in [6, 6.07) is 22.0. The molecule has 142 valence electrons. The Morgan fingerprint density at radius 2 is 1.64 bits per heavy atom. The fourth-order valence-electron chi connectivity index (χ4n) is 3.47. The minimum absolute atomic E-state index is 0.140. The Kier molecular flexibility index (Phi) is 5.24. The molecule has 2 heterocycles. The first-order valence-electron chi connectivity index (χ1n) is 9.58. The first kappa shape index (κ1) is 18.0. The molecule has 1 aliphatic heterocycles. The summed E-state index contributed by atoms with van der Waals surface area (Å²) < 4.78 is 0. The van der Waals surface area contributed by atoms with E-state index in [1.54, 1.807) is 6.20 Å². The molecule has 5 heteroatoms. The Labute approximate surface area is 165 Å². The Morgan fingerprint density at radius 1 is 0.893 bits per heavy atom. The smallest absolute Gasteiger partial charge is 0.257 e. The molecule has 4 rings (SSSR count). The molecule has 0 saturated carbocycles. The number of nitrogens with zero attached hydrogens (tertiary/aromatic N) is 3. The lowest BCUT2D eigenvalue weighted by atomic mass is 10.2. The number of amides is 1. The number of rotatable bonds is 4. The van der Waals surface area contributed by atoms with E-state index in [0.29, 0.717) is 5.56 Å². The van der Waals surface area contributed by atoms with Gasteiger partial charge in [0.25, 0.3) is 5.91 Å². The highest BCUT2D eigenvalue weighted by atomic mass is 16.1. The van der Waals surface area contributed by atoms with Gasteiger partial charge in [0.15, 0.2) is 0 Å². The Balaban J connectivity index is 1.36. The first-order chi connectivity index (χ1) is 13.7. The van der Waals surface area contributed by atoms with Gasteiger partial charge in [-0.1, -0.05) is 30.3 Å². The van der Waals surface area contributed by atoms with Crippen molar-refractivity contribution in [3.05, 3.63) is 84.1 Å². The molecular weight excluding hydrogens is 348 g/mol. The maximum Gasteiger partial charge on any atom is 0.257 e. The zero-order valence-corrected chi connectivity index (χ0v) is 16.0. The van der Waals surface area contributed by atoms with Crippen LogP contribution in [-0.2, 0) is 0 Å². The van der Waals surface area contributed by atoms with E-state index in [2.05, 4.69) is 44.4 Å². The maximum absolute atomic E-state index is 12.4. The number of hydrogen-bond donors (Lipinski definition) is 1. The SMILES string of the molecule is Cc1cccc(NC(=O)c2ccc(N3CCN(c4ccccc4)CC3)nc2)c1. The molecule has 1 aliphatic rings. The molecular formula is C23H24N4O. The third kappa shape index (κ3) is 4.14. The standard InChI is InChI=1S/C23H24N4O/c1-18-6-5-7-20(16-18)25-23(28)19-10-11-22(24-17-19)27-14-12-26(13-15-27)21-8-3-2-4-9-21/h2-11,16-17H,12-15H2,1H3,(H,25,28). The van der Waals surface area contributed by atoms with Crippen molar-refractivity contribution in [2.75, 3.05) is 41.3 Å². The second kappa shape index (κ2) is 8.13. The van der Waals surface area contributed by atoms with E-state index in [-0.39, 0.29) is 5.91 Å².